The van der Waals surface area contributed by atoms with Gasteiger partial charge in [-0.25, -0.2) is 19.1 Å². The molecule has 0 aliphatic carbocycles. The summed E-state index contributed by atoms with van der Waals surface area (Å²) in [5.74, 6) is 1.44. The first-order chi connectivity index (χ1) is 18.4. The van der Waals surface area contributed by atoms with E-state index in [-0.39, 0.29) is 5.69 Å². The number of aromatic nitrogens is 2. The van der Waals surface area contributed by atoms with E-state index >= 15 is 0 Å². The average molecular weight is 597 g/mol. The van der Waals surface area contributed by atoms with Crippen LogP contribution in [0.3, 0.4) is 0 Å². The molecule has 3 aromatic rings. The fraction of sp³-hybridized carbons (Fsp3) is 0.320. The molecule has 2 aromatic carbocycles. The van der Waals surface area contributed by atoms with Gasteiger partial charge in [-0.05, 0) is 28.9 Å². The molecule has 1 aromatic heterocycles. The Labute approximate surface area is 228 Å². The summed E-state index contributed by atoms with van der Waals surface area (Å²) in [7, 11) is -0.783. The van der Waals surface area contributed by atoms with E-state index in [1.54, 1.807) is 10.7 Å². The summed E-state index contributed by atoms with van der Waals surface area (Å²) in [6, 6.07) is 16.8. The van der Waals surface area contributed by atoms with Crippen molar-refractivity contribution in [1.29, 1.82) is 5.26 Å². The number of nitro benzene ring substituents is 1. The smallest absolute Gasteiger partial charge is 0.270 e. The van der Waals surface area contributed by atoms with Gasteiger partial charge < -0.3 is 9.41 Å². The van der Waals surface area contributed by atoms with Gasteiger partial charge in [0.15, 0.2) is 13.2 Å². The molecule has 0 radical (unpaired) electrons. The Hall–Kier alpha value is -3.36. The molecule has 5 rings (SSSR count). The number of non-ortho nitro benzene ring substituents is 1. The zero-order chi connectivity index (χ0) is 26.9. The van der Waals surface area contributed by atoms with Gasteiger partial charge in [0.25, 0.3) is 5.69 Å². The molecule has 1 fully saturated rings. The van der Waals surface area contributed by atoms with E-state index in [4.69, 9.17) is 19.6 Å². The van der Waals surface area contributed by atoms with Gasteiger partial charge in [0.05, 0.1) is 58.3 Å². The topological polar surface area (TPSA) is 125 Å². The number of hydrogen-bond acceptors (Lipinski definition) is 7. The summed E-state index contributed by atoms with van der Waals surface area (Å²) in [6.45, 7) is 4.77. The standard InChI is InChI=1S/C25H26BrN8O3P/c1-18-23-25(33(29-18)12-6-11-27)28-24(19-7-4-3-5-8-19)31(2)38(23,32-13-15-37-16-14-32)30-22-10-9-20(34(35)36)17-21(22)26/h3-5,7-10,17H,6,12-16H2,1-2H3. The second kappa shape index (κ2) is 10.8. The predicted molar refractivity (Wildman–Crippen MR) is 149 cm³/mol. The molecule has 1 atom stereocenters. The predicted octanol–water partition coefficient (Wildman–Crippen LogP) is 5.12. The van der Waals surface area contributed by atoms with E-state index in [2.05, 4.69) is 31.3 Å². The lowest BCUT2D eigenvalue weighted by Gasteiger charge is -2.46. The quantitative estimate of drug-likeness (QED) is 0.219. The molecule has 38 heavy (non-hydrogen) atoms. The molecule has 2 aliphatic rings. The minimum absolute atomic E-state index is 0.0145. The highest BCUT2D eigenvalue weighted by Gasteiger charge is 2.45. The lowest BCUT2D eigenvalue weighted by atomic mass is 10.2. The van der Waals surface area contributed by atoms with Gasteiger partial charge in [-0.1, -0.05) is 30.3 Å². The van der Waals surface area contributed by atoms with Crippen molar-refractivity contribution < 1.29 is 9.66 Å². The zero-order valence-corrected chi connectivity index (χ0v) is 23.5. The number of hydrogen-bond donors (Lipinski definition) is 0. The van der Waals surface area contributed by atoms with Crippen molar-refractivity contribution in [1.82, 2.24) is 19.1 Å². The number of ether oxygens (including phenoxy) is 1. The first kappa shape index (κ1) is 26.3. The molecule has 196 valence electrons. The molecule has 11 nitrogen and oxygen atoms in total. The Morgan fingerprint density at radius 3 is 2.63 bits per heavy atom. The van der Waals surface area contributed by atoms with Gasteiger partial charge in [0.1, 0.15) is 5.84 Å². The summed E-state index contributed by atoms with van der Waals surface area (Å²) < 4.78 is 18.0. The number of halogens is 1. The van der Waals surface area contributed by atoms with Gasteiger partial charge in [-0.3, -0.25) is 10.1 Å². The Kier molecular flexibility index (Phi) is 7.45. The number of morpholine rings is 1. The third-order valence-electron chi connectivity index (χ3n) is 6.54. The van der Waals surface area contributed by atoms with Crippen LogP contribution in [0.5, 0.6) is 0 Å². The van der Waals surface area contributed by atoms with E-state index in [9.17, 15) is 15.4 Å². The van der Waals surface area contributed by atoms with Crippen LogP contribution in [0.1, 0.15) is 17.7 Å². The number of aliphatic imine (C=N–C) groups is 1. The highest BCUT2D eigenvalue weighted by atomic mass is 79.9. The fourth-order valence-electron chi connectivity index (χ4n) is 4.81. The van der Waals surface area contributed by atoms with E-state index < -0.39 is 12.3 Å². The molecule has 13 heteroatoms. The Bertz CT molecular complexity index is 1510. The maximum atomic E-state index is 11.4. The van der Waals surface area contributed by atoms with Gasteiger partial charge in [0, 0.05) is 37.8 Å². The number of fused-ring (bicyclic) bond motifs is 1. The third kappa shape index (κ3) is 4.56. The SMILES string of the molecule is Cc1nn(CCC#N)c2c1P(=Nc1ccc([N+](=O)[O-])cc1Br)(N1CCOCC1)N(C)C(c1ccccc1)=N2. The number of nitriles is 1. The normalized spacial score (nSPS) is 19.4. The van der Waals surface area contributed by atoms with Crippen molar-refractivity contribution in [3.63, 3.8) is 0 Å². The number of nitrogens with zero attached hydrogens (tertiary/aromatic N) is 8. The number of amidine groups is 1. The second-order valence-electron chi connectivity index (χ2n) is 8.84. The number of benzene rings is 2. The minimum Gasteiger partial charge on any atom is -0.379 e. The number of rotatable bonds is 6. The van der Waals surface area contributed by atoms with Gasteiger partial charge in [-0.2, -0.15) is 10.4 Å². The number of aryl methyl sites for hydroxylation is 2. The molecule has 1 saturated heterocycles. The summed E-state index contributed by atoms with van der Waals surface area (Å²) in [5.41, 5.74) is 2.32. The Balaban J connectivity index is 1.85. The van der Waals surface area contributed by atoms with Gasteiger partial charge in [0.2, 0.25) is 0 Å². The molecule has 0 N–H and O–H groups in total. The van der Waals surface area contributed by atoms with Crippen molar-refractivity contribution in [2.75, 3.05) is 33.4 Å². The lowest BCUT2D eigenvalue weighted by molar-refractivity contribution is -0.384. The van der Waals surface area contributed by atoms with Crippen LogP contribution < -0.4 is 5.30 Å². The molecule has 0 amide bonds. The molecule has 1 unspecified atom stereocenters. The molecule has 3 heterocycles. The monoisotopic (exact) mass is 596 g/mol. The molecular formula is C25H26BrN8O3P. The summed E-state index contributed by atoms with van der Waals surface area (Å²) in [4.78, 5) is 16.1. The molecular weight excluding hydrogens is 571 g/mol. The van der Waals surface area contributed by atoms with E-state index in [0.717, 1.165) is 22.4 Å². The van der Waals surface area contributed by atoms with Crippen LogP contribution in [0.15, 0.2) is 62.7 Å². The largest absolute Gasteiger partial charge is 0.379 e. The summed E-state index contributed by atoms with van der Waals surface area (Å²) in [6.07, 6.45) is 0.299. The highest BCUT2D eigenvalue weighted by Crippen LogP contribution is 2.62. The maximum Gasteiger partial charge on any atom is 0.270 e. The third-order valence-corrected chi connectivity index (χ3v) is 11.0. The average Bonchev–Trinajstić information content (AvgIpc) is 3.25. The van der Waals surface area contributed by atoms with Crippen molar-refractivity contribution in [2.45, 2.75) is 19.9 Å². The van der Waals surface area contributed by atoms with E-state index in [1.165, 1.54) is 12.1 Å². The minimum atomic E-state index is -2.79. The second-order valence-corrected chi connectivity index (χ2v) is 12.6. The Morgan fingerprint density at radius 2 is 1.97 bits per heavy atom. The molecule has 0 spiro atoms. The maximum absolute atomic E-state index is 11.4. The van der Waals surface area contributed by atoms with Crippen molar-refractivity contribution >= 4 is 51.6 Å². The molecule has 0 saturated carbocycles. The van der Waals surface area contributed by atoms with Crippen LogP contribution in [0.25, 0.3) is 0 Å². The zero-order valence-electron chi connectivity index (χ0n) is 21.0. The summed E-state index contributed by atoms with van der Waals surface area (Å²) >= 11 is 3.54. The van der Waals surface area contributed by atoms with Crippen LogP contribution >= 0.6 is 23.3 Å². The molecule has 0 bridgehead atoms. The fourth-order valence-corrected chi connectivity index (χ4v) is 9.26. The number of nitro groups is 1. The Morgan fingerprint density at radius 1 is 1.24 bits per heavy atom. The van der Waals surface area contributed by atoms with Crippen LogP contribution in [0.4, 0.5) is 17.2 Å². The molecule has 2 aliphatic heterocycles. The van der Waals surface area contributed by atoms with Crippen LogP contribution in [0, 0.1) is 28.4 Å². The van der Waals surface area contributed by atoms with Gasteiger partial charge >= 0.3 is 0 Å². The van der Waals surface area contributed by atoms with Crippen molar-refractivity contribution in [3.8, 4) is 6.07 Å². The first-order valence-corrected chi connectivity index (χ1v) is 14.5. The van der Waals surface area contributed by atoms with Crippen molar-refractivity contribution in [3.05, 3.63) is 74.4 Å². The lowest BCUT2D eigenvalue weighted by Crippen LogP contribution is -2.45. The first-order valence-electron chi connectivity index (χ1n) is 12.1. The van der Waals surface area contributed by atoms with Crippen molar-refractivity contribution in [2.24, 2.45) is 9.74 Å². The summed E-state index contributed by atoms with van der Waals surface area (Å²) in [5, 5.41) is 26.4. The van der Waals surface area contributed by atoms with E-state index in [0.29, 0.717) is 55.2 Å². The van der Waals surface area contributed by atoms with Crippen LogP contribution in [-0.4, -0.2) is 63.2 Å². The van der Waals surface area contributed by atoms with Gasteiger partial charge in [-0.15, -0.1) is 0 Å². The highest BCUT2D eigenvalue weighted by molar-refractivity contribution is 9.10. The van der Waals surface area contributed by atoms with Crippen LogP contribution in [-0.2, 0) is 11.3 Å². The van der Waals surface area contributed by atoms with E-state index in [1.807, 2.05) is 44.3 Å². The van der Waals surface area contributed by atoms with Crippen LogP contribution in [0.2, 0.25) is 0 Å².